The van der Waals surface area contributed by atoms with Crippen molar-refractivity contribution >= 4 is 39.6 Å². The van der Waals surface area contributed by atoms with Gasteiger partial charge in [-0.1, -0.05) is 35.3 Å². The average molecular weight is 360 g/mol. The van der Waals surface area contributed by atoms with Crippen LogP contribution < -0.4 is 5.32 Å². The molecule has 0 aliphatic carbocycles. The van der Waals surface area contributed by atoms with E-state index >= 15 is 0 Å². The second-order valence-electron chi connectivity index (χ2n) is 4.37. The quantitative estimate of drug-likeness (QED) is 0.699. The maximum Gasteiger partial charge on any atom is 0.308 e. The third-order valence-electron chi connectivity index (χ3n) is 2.70. The molecule has 20 heavy (non-hydrogen) atoms. The monoisotopic (exact) mass is 359 g/mol. The molecule has 1 aromatic rings. The molecular formula is C14H18BrNO3S. The van der Waals surface area contributed by atoms with Gasteiger partial charge in [0.05, 0.1) is 11.7 Å². The summed E-state index contributed by atoms with van der Waals surface area (Å²) < 4.78 is 0.969. The predicted octanol–water partition coefficient (Wildman–Crippen LogP) is 3.16. The number of benzene rings is 1. The van der Waals surface area contributed by atoms with Crippen molar-refractivity contribution in [2.75, 3.05) is 12.3 Å². The summed E-state index contributed by atoms with van der Waals surface area (Å²) in [5, 5.41) is 11.7. The molecule has 0 saturated carbocycles. The van der Waals surface area contributed by atoms with Crippen LogP contribution in [0.3, 0.4) is 0 Å². The van der Waals surface area contributed by atoms with Crippen molar-refractivity contribution in [2.45, 2.75) is 24.7 Å². The van der Waals surface area contributed by atoms with E-state index in [1.54, 1.807) is 0 Å². The molecule has 0 spiro atoms. The van der Waals surface area contributed by atoms with Crippen LogP contribution in [0.5, 0.6) is 0 Å². The lowest BCUT2D eigenvalue weighted by Gasteiger charge is -2.12. The molecule has 6 heteroatoms. The Morgan fingerprint density at radius 1 is 1.45 bits per heavy atom. The van der Waals surface area contributed by atoms with Crippen LogP contribution in [0.4, 0.5) is 0 Å². The standard InChI is InChI=1S/C14H18BrNO3S/c1-2-4-10(14(18)19)8-16-13(17)9-20-12-6-3-5-11(15)7-12/h3,5-7,10H,2,4,8-9H2,1H3,(H,16,17)(H,18,19). The third-order valence-corrected chi connectivity index (χ3v) is 4.19. The number of rotatable bonds is 8. The Kier molecular flexibility index (Phi) is 7.69. The van der Waals surface area contributed by atoms with E-state index in [1.165, 1.54) is 11.8 Å². The Morgan fingerprint density at radius 3 is 2.80 bits per heavy atom. The highest BCUT2D eigenvalue weighted by atomic mass is 79.9. The van der Waals surface area contributed by atoms with Crippen molar-refractivity contribution in [1.82, 2.24) is 5.32 Å². The van der Waals surface area contributed by atoms with Crippen LogP contribution in [0.25, 0.3) is 0 Å². The van der Waals surface area contributed by atoms with Crippen LogP contribution in [0.2, 0.25) is 0 Å². The van der Waals surface area contributed by atoms with Gasteiger partial charge < -0.3 is 10.4 Å². The second-order valence-corrected chi connectivity index (χ2v) is 6.34. The van der Waals surface area contributed by atoms with Crippen molar-refractivity contribution in [2.24, 2.45) is 5.92 Å². The summed E-state index contributed by atoms with van der Waals surface area (Å²) in [6, 6.07) is 7.70. The number of halogens is 1. The molecule has 0 radical (unpaired) electrons. The first-order valence-corrected chi connectivity index (χ1v) is 8.18. The highest BCUT2D eigenvalue weighted by Gasteiger charge is 2.17. The minimum atomic E-state index is -0.855. The van der Waals surface area contributed by atoms with Crippen LogP contribution in [0.15, 0.2) is 33.6 Å². The maximum absolute atomic E-state index is 11.7. The summed E-state index contributed by atoms with van der Waals surface area (Å²) in [4.78, 5) is 23.7. The van der Waals surface area contributed by atoms with E-state index in [1.807, 2.05) is 31.2 Å². The van der Waals surface area contributed by atoms with E-state index in [0.29, 0.717) is 6.42 Å². The SMILES string of the molecule is CCCC(CNC(=O)CSc1cccc(Br)c1)C(=O)O. The highest BCUT2D eigenvalue weighted by Crippen LogP contribution is 2.21. The van der Waals surface area contributed by atoms with Crippen LogP contribution in [-0.4, -0.2) is 29.3 Å². The first-order valence-electron chi connectivity index (χ1n) is 6.40. The van der Waals surface area contributed by atoms with Crippen molar-refractivity contribution in [3.63, 3.8) is 0 Å². The molecule has 110 valence electrons. The zero-order chi connectivity index (χ0) is 15.0. The molecule has 2 N–H and O–H groups in total. The molecule has 0 bridgehead atoms. The molecular weight excluding hydrogens is 342 g/mol. The van der Waals surface area contributed by atoms with E-state index in [0.717, 1.165) is 15.8 Å². The molecule has 0 heterocycles. The van der Waals surface area contributed by atoms with Gasteiger partial charge in [-0.2, -0.15) is 0 Å². The normalized spacial score (nSPS) is 11.9. The maximum atomic E-state index is 11.7. The molecule has 0 fully saturated rings. The topological polar surface area (TPSA) is 66.4 Å². The molecule has 1 amide bonds. The van der Waals surface area contributed by atoms with Crippen molar-refractivity contribution in [3.05, 3.63) is 28.7 Å². The Balaban J connectivity index is 2.34. The Labute approximate surface area is 131 Å². The number of nitrogens with one attached hydrogen (secondary N) is 1. The number of amides is 1. The van der Waals surface area contributed by atoms with E-state index < -0.39 is 11.9 Å². The van der Waals surface area contributed by atoms with Gasteiger partial charge in [-0.25, -0.2) is 0 Å². The molecule has 0 aromatic heterocycles. The molecule has 1 rings (SSSR count). The van der Waals surface area contributed by atoms with Gasteiger partial charge >= 0.3 is 5.97 Å². The number of aliphatic carboxylic acids is 1. The first-order chi connectivity index (χ1) is 9.52. The fraction of sp³-hybridized carbons (Fsp3) is 0.429. The molecule has 1 atom stereocenters. The zero-order valence-electron chi connectivity index (χ0n) is 11.3. The summed E-state index contributed by atoms with van der Waals surface area (Å²) in [6.45, 7) is 2.13. The van der Waals surface area contributed by atoms with Gasteiger partial charge in [0.25, 0.3) is 0 Å². The fourth-order valence-corrected chi connectivity index (χ4v) is 2.99. The van der Waals surface area contributed by atoms with E-state index in [-0.39, 0.29) is 18.2 Å². The van der Waals surface area contributed by atoms with Gasteiger partial charge in [0.1, 0.15) is 0 Å². The summed E-state index contributed by atoms with van der Waals surface area (Å²) >= 11 is 4.80. The number of carboxylic acid groups (broad SMARTS) is 1. The molecule has 0 saturated heterocycles. The molecule has 0 aliphatic heterocycles. The lowest BCUT2D eigenvalue weighted by Crippen LogP contribution is -2.33. The lowest BCUT2D eigenvalue weighted by molar-refractivity contribution is -0.141. The third kappa shape index (κ3) is 6.43. The number of thioether (sulfide) groups is 1. The Bertz CT molecular complexity index is 467. The summed E-state index contributed by atoms with van der Waals surface area (Å²) in [6.07, 6.45) is 1.37. The lowest BCUT2D eigenvalue weighted by atomic mass is 10.0. The Morgan fingerprint density at radius 2 is 2.20 bits per heavy atom. The van der Waals surface area contributed by atoms with E-state index in [4.69, 9.17) is 5.11 Å². The molecule has 1 unspecified atom stereocenters. The summed E-state index contributed by atoms with van der Waals surface area (Å²) in [5.41, 5.74) is 0. The fourth-order valence-electron chi connectivity index (χ4n) is 1.66. The minimum absolute atomic E-state index is 0.141. The second kappa shape index (κ2) is 9.02. The highest BCUT2D eigenvalue weighted by molar-refractivity contribution is 9.10. The van der Waals surface area contributed by atoms with Gasteiger partial charge in [0, 0.05) is 15.9 Å². The van der Waals surface area contributed by atoms with Crippen LogP contribution >= 0.6 is 27.7 Å². The van der Waals surface area contributed by atoms with Crippen molar-refractivity contribution in [1.29, 1.82) is 0 Å². The van der Waals surface area contributed by atoms with E-state index in [2.05, 4.69) is 21.2 Å². The Hall–Kier alpha value is -1.01. The zero-order valence-corrected chi connectivity index (χ0v) is 13.7. The number of carboxylic acids is 1. The minimum Gasteiger partial charge on any atom is -0.481 e. The average Bonchev–Trinajstić information content (AvgIpc) is 2.41. The first kappa shape index (κ1) is 17.0. The van der Waals surface area contributed by atoms with Gasteiger partial charge in [-0.3, -0.25) is 9.59 Å². The number of hydrogen-bond donors (Lipinski definition) is 2. The number of hydrogen-bond acceptors (Lipinski definition) is 3. The number of carbonyl (C=O) groups is 2. The van der Waals surface area contributed by atoms with Gasteiger partial charge in [0.2, 0.25) is 5.91 Å². The summed E-state index contributed by atoms with van der Waals surface area (Å²) in [7, 11) is 0. The largest absolute Gasteiger partial charge is 0.481 e. The van der Waals surface area contributed by atoms with Crippen molar-refractivity contribution in [3.8, 4) is 0 Å². The predicted molar refractivity (Wildman–Crippen MR) is 83.9 cm³/mol. The van der Waals surface area contributed by atoms with Gasteiger partial charge in [-0.15, -0.1) is 11.8 Å². The summed E-state index contributed by atoms with van der Waals surface area (Å²) in [5.74, 6) is -1.21. The van der Waals surface area contributed by atoms with Crippen LogP contribution in [0.1, 0.15) is 19.8 Å². The molecule has 0 aliphatic rings. The molecule has 1 aromatic carbocycles. The van der Waals surface area contributed by atoms with Gasteiger partial charge in [-0.05, 0) is 24.6 Å². The van der Waals surface area contributed by atoms with Crippen LogP contribution in [0, 0.1) is 5.92 Å². The van der Waals surface area contributed by atoms with Crippen molar-refractivity contribution < 1.29 is 14.7 Å². The van der Waals surface area contributed by atoms with Gasteiger partial charge in [0.15, 0.2) is 0 Å². The smallest absolute Gasteiger partial charge is 0.308 e. The number of carbonyl (C=O) groups excluding carboxylic acids is 1. The van der Waals surface area contributed by atoms with E-state index in [9.17, 15) is 9.59 Å². The van der Waals surface area contributed by atoms with Crippen LogP contribution in [-0.2, 0) is 9.59 Å². The molecule has 4 nitrogen and oxygen atoms in total.